The molecule has 1 N–H and O–H groups in total. The van der Waals surface area contributed by atoms with Crippen molar-refractivity contribution >= 4 is 17.7 Å². The first-order chi connectivity index (χ1) is 13.6. The number of pyridine rings is 1. The summed E-state index contributed by atoms with van der Waals surface area (Å²) in [4.78, 5) is 16.5. The summed E-state index contributed by atoms with van der Waals surface area (Å²) in [7, 11) is 0. The Bertz CT molecular complexity index is 1000. The van der Waals surface area contributed by atoms with Gasteiger partial charge in [0.1, 0.15) is 24.0 Å². The van der Waals surface area contributed by atoms with Crippen LogP contribution in [0.25, 0.3) is 6.08 Å². The van der Waals surface area contributed by atoms with Crippen LogP contribution in [0, 0.1) is 18.3 Å². The lowest BCUT2D eigenvalue weighted by atomic mass is 10.1. The Labute approximate surface area is 163 Å². The predicted octanol–water partition coefficient (Wildman–Crippen LogP) is 4.51. The highest BCUT2D eigenvalue weighted by Gasteiger charge is 2.09. The predicted molar refractivity (Wildman–Crippen MR) is 108 cm³/mol. The van der Waals surface area contributed by atoms with E-state index in [0.29, 0.717) is 18.0 Å². The Morgan fingerprint density at radius 3 is 2.50 bits per heavy atom. The van der Waals surface area contributed by atoms with E-state index < -0.39 is 5.91 Å². The molecule has 0 saturated carbocycles. The Balaban J connectivity index is 1.64. The second-order valence-electron chi connectivity index (χ2n) is 6.17. The molecule has 0 saturated heterocycles. The van der Waals surface area contributed by atoms with Crippen LogP contribution < -0.4 is 10.1 Å². The highest BCUT2D eigenvalue weighted by molar-refractivity contribution is 6.09. The van der Waals surface area contributed by atoms with E-state index in [-0.39, 0.29) is 5.57 Å². The fourth-order valence-corrected chi connectivity index (χ4v) is 2.45. The SMILES string of the molecule is Cc1ccc(NC(=O)/C(C#N)=C/c2ccc(OCc3ccccn3)cc2)cc1. The molecule has 3 aromatic rings. The van der Waals surface area contributed by atoms with E-state index >= 15 is 0 Å². The van der Waals surface area contributed by atoms with Crippen LogP contribution in [0.2, 0.25) is 0 Å². The first-order valence-electron chi connectivity index (χ1n) is 8.76. The molecule has 0 unspecified atom stereocenters. The second-order valence-corrected chi connectivity index (χ2v) is 6.17. The molecule has 0 atom stereocenters. The van der Waals surface area contributed by atoms with Crippen molar-refractivity contribution in [2.24, 2.45) is 0 Å². The molecule has 28 heavy (non-hydrogen) atoms. The number of aromatic nitrogens is 1. The number of carbonyl (C=O) groups excluding carboxylic acids is 1. The molecular weight excluding hydrogens is 350 g/mol. The molecule has 1 amide bonds. The van der Waals surface area contributed by atoms with Gasteiger partial charge in [0.05, 0.1) is 5.69 Å². The van der Waals surface area contributed by atoms with E-state index in [0.717, 1.165) is 16.8 Å². The third-order valence-corrected chi connectivity index (χ3v) is 3.98. The smallest absolute Gasteiger partial charge is 0.266 e. The summed E-state index contributed by atoms with van der Waals surface area (Å²) in [5.41, 5.74) is 3.35. The summed E-state index contributed by atoms with van der Waals surface area (Å²) in [5.74, 6) is 0.243. The number of carbonyl (C=O) groups is 1. The number of anilines is 1. The molecule has 1 heterocycles. The van der Waals surface area contributed by atoms with Gasteiger partial charge >= 0.3 is 0 Å². The number of benzene rings is 2. The maximum absolute atomic E-state index is 12.3. The molecule has 5 heteroatoms. The van der Waals surface area contributed by atoms with Crippen LogP contribution in [0.3, 0.4) is 0 Å². The molecule has 1 aromatic heterocycles. The Morgan fingerprint density at radius 2 is 1.86 bits per heavy atom. The zero-order chi connectivity index (χ0) is 19.8. The van der Waals surface area contributed by atoms with E-state index in [1.54, 1.807) is 48.7 Å². The molecule has 0 radical (unpaired) electrons. The quantitative estimate of drug-likeness (QED) is 0.512. The number of hydrogen-bond acceptors (Lipinski definition) is 4. The zero-order valence-corrected chi connectivity index (χ0v) is 15.4. The Hall–Kier alpha value is -3.91. The second kappa shape index (κ2) is 9.15. The lowest BCUT2D eigenvalue weighted by Crippen LogP contribution is -2.13. The summed E-state index contributed by atoms with van der Waals surface area (Å²) in [6.45, 7) is 2.34. The summed E-state index contributed by atoms with van der Waals surface area (Å²) < 4.78 is 5.69. The minimum atomic E-state index is -0.443. The van der Waals surface area contributed by atoms with Gasteiger partial charge in [-0.05, 0) is 55.0 Å². The van der Waals surface area contributed by atoms with Crippen molar-refractivity contribution in [3.05, 3.63) is 95.3 Å². The van der Waals surface area contributed by atoms with Crippen molar-refractivity contribution in [2.75, 3.05) is 5.32 Å². The van der Waals surface area contributed by atoms with Crippen molar-refractivity contribution in [2.45, 2.75) is 13.5 Å². The van der Waals surface area contributed by atoms with E-state index in [1.807, 2.05) is 43.3 Å². The summed E-state index contributed by atoms with van der Waals surface area (Å²) >= 11 is 0. The Morgan fingerprint density at radius 1 is 1.11 bits per heavy atom. The minimum absolute atomic E-state index is 0.0303. The van der Waals surface area contributed by atoms with Gasteiger partial charge in [0, 0.05) is 11.9 Å². The van der Waals surface area contributed by atoms with Crippen molar-refractivity contribution in [3.63, 3.8) is 0 Å². The molecule has 0 fully saturated rings. The average Bonchev–Trinajstić information content (AvgIpc) is 2.73. The topological polar surface area (TPSA) is 75.0 Å². The number of rotatable bonds is 6. The van der Waals surface area contributed by atoms with E-state index in [4.69, 9.17) is 4.74 Å². The monoisotopic (exact) mass is 369 g/mol. The lowest BCUT2D eigenvalue weighted by molar-refractivity contribution is -0.112. The van der Waals surface area contributed by atoms with Gasteiger partial charge in [-0.15, -0.1) is 0 Å². The Kier molecular flexibility index (Phi) is 6.17. The fourth-order valence-electron chi connectivity index (χ4n) is 2.45. The number of nitrogens with one attached hydrogen (secondary N) is 1. The molecule has 0 aliphatic heterocycles. The van der Waals surface area contributed by atoms with Crippen molar-refractivity contribution in [1.29, 1.82) is 5.26 Å². The molecule has 0 bridgehead atoms. The third kappa shape index (κ3) is 5.29. The summed E-state index contributed by atoms with van der Waals surface area (Å²) in [5, 5.41) is 12.1. The zero-order valence-electron chi connectivity index (χ0n) is 15.4. The van der Waals surface area contributed by atoms with Gasteiger partial charge in [-0.3, -0.25) is 9.78 Å². The van der Waals surface area contributed by atoms with Crippen LogP contribution in [0.4, 0.5) is 5.69 Å². The van der Waals surface area contributed by atoms with Crippen LogP contribution >= 0.6 is 0 Å². The number of hydrogen-bond donors (Lipinski definition) is 1. The van der Waals surface area contributed by atoms with E-state index in [9.17, 15) is 10.1 Å². The van der Waals surface area contributed by atoms with Crippen LogP contribution in [-0.2, 0) is 11.4 Å². The van der Waals surface area contributed by atoms with Crippen molar-refractivity contribution in [3.8, 4) is 11.8 Å². The highest BCUT2D eigenvalue weighted by Crippen LogP contribution is 2.17. The fraction of sp³-hybridized carbons (Fsp3) is 0.0870. The largest absolute Gasteiger partial charge is 0.487 e. The van der Waals surface area contributed by atoms with Crippen molar-refractivity contribution in [1.82, 2.24) is 4.98 Å². The van der Waals surface area contributed by atoms with Gasteiger partial charge in [-0.2, -0.15) is 5.26 Å². The van der Waals surface area contributed by atoms with Gasteiger partial charge < -0.3 is 10.1 Å². The maximum atomic E-state index is 12.3. The van der Waals surface area contributed by atoms with Crippen LogP contribution in [0.1, 0.15) is 16.8 Å². The third-order valence-electron chi connectivity index (χ3n) is 3.98. The summed E-state index contributed by atoms with van der Waals surface area (Å²) in [6, 6.07) is 22.2. The number of amides is 1. The van der Waals surface area contributed by atoms with Gasteiger partial charge in [0.2, 0.25) is 0 Å². The van der Waals surface area contributed by atoms with Crippen LogP contribution in [-0.4, -0.2) is 10.9 Å². The molecule has 2 aromatic carbocycles. The van der Waals surface area contributed by atoms with E-state index in [2.05, 4.69) is 10.3 Å². The van der Waals surface area contributed by atoms with Crippen LogP contribution in [0.15, 0.2) is 78.5 Å². The number of nitriles is 1. The minimum Gasteiger partial charge on any atom is -0.487 e. The van der Waals surface area contributed by atoms with E-state index in [1.165, 1.54) is 0 Å². The standard InChI is InChI=1S/C23H19N3O2/c1-17-5-9-20(10-6-17)26-23(27)19(15-24)14-18-7-11-22(12-8-18)28-16-21-4-2-3-13-25-21/h2-14H,16H2,1H3,(H,26,27)/b19-14+. The molecule has 5 nitrogen and oxygen atoms in total. The molecule has 3 rings (SSSR count). The molecule has 0 aliphatic rings. The number of aryl methyl sites for hydroxylation is 1. The first kappa shape index (κ1) is 18.9. The molecule has 138 valence electrons. The van der Waals surface area contributed by atoms with Gasteiger partial charge in [-0.1, -0.05) is 35.9 Å². The van der Waals surface area contributed by atoms with Gasteiger partial charge in [-0.25, -0.2) is 0 Å². The average molecular weight is 369 g/mol. The lowest BCUT2D eigenvalue weighted by Gasteiger charge is -2.06. The molecule has 0 spiro atoms. The van der Waals surface area contributed by atoms with Gasteiger partial charge in [0.15, 0.2) is 0 Å². The first-order valence-corrected chi connectivity index (χ1v) is 8.76. The summed E-state index contributed by atoms with van der Waals surface area (Å²) in [6.07, 6.45) is 3.27. The molecular formula is C23H19N3O2. The molecule has 0 aliphatic carbocycles. The van der Waals surface area contributed by atoms with Crippen LogP contribution in [0.5, 0.6) is 5.75 Å². The number of ether oxygens (including phenoxy) is 1. The normalized spacial score (nSPS) is 10.8. The van der Waals surface area contributed by atoms with Crippen molar-refractivity contribution < 1.29 is 9.53 Å². The maximum Gasteiger partial charge on any atom is 0.266 e. The highest BCUT2D eigenvalue weighted by atomic mass is 16.5. The van der Waals surface area contributed by atoms with Gasteiger partial charge in [0.25, 0.3) is 5.91 Å². The number of nitrogens with zero attached hydrogens (tertiary/aromatic N) is 2.